The van der Waals surface area contributed by atoms with Gasteiger partial charge in [-0.25, -0.2) is 0 Å². The van der Waals surface area contributed by atoms with E-state index in [0.29, 0.717) is 18.5 Å². The Morgan fingerprint density at radius 3 is 2.38 bits per heavy atom. The molecule has 2 N–H and O–H groups in total. The van der Waals surface area contributed by atoms with Crippen molar-refractivity contribution in [3.63, 3.8) is 0 Å². The Balaban J connectivity index is 1.44. The van der Waals surface area contributed by atoms with Crippen molar-refractivity contribution in [2.75, 3.05) is 37.6 Å². The predicted octanol–water partition coefficient (Wildman–Crippen LogP) is 1.29. The van der Waals surface area contributed by atoms with Crippen LogP contribution in [0.2, 0.25) is 0 Å². The Kier molecular flexibility index (Phi) is 6.30. The second kappa shape index (κ2) is 8.67. The van der Waals surface area contributed by atoms with Gasteiger partial charge in [0.1, 0.15) is 0 Å². The summed E-state index contributed by atoms with van der Waals surface area (Å²) in [4.78, 5) is 27.5. The third-order valence-corrected chi connectivity index (χ3v) is 5.98. The van der Waals surface area contributed by atoms with Crippen molar-refractivity contribution >= 4 is 17.4 Å². The van der Waals surface area contributed by atoms with Gasteiger partial charge < -0.3 is 15.1 Å². The van der Waals surface area contributed by atoms with E-state index in [-0.39, 0.29) is 11.7 Å². The third-order valence-electron chi connectivity index (χ3n) is 5.98. The highest BCUT2D eigenvalue weighted by Gasteiger charge is 2.26. The lowest BCUT2D eigenvalue weighted by Crippen LogP contribution is -3.16. The average Bonchev–Trinajstić information content (AvgIpc) is 2.64. The molecule has 0 bridgehead atoms. The maximum absolute atomic E-state index is 12.4. The zero-order valence-corrected chi connectivity index (χ0v) is 16.1. The molecule has 1 amide bonds. The fourth-order valence-corrected chi connectivity index (χ4v) is 4.18. The molecule has 3 rings (SSSR count). The molecule has 1 aliphatic heterocycles. The van der Waals surface area contributed by atoms with Crippen LogP contribution in [0.1, 0.15) is 49.9 Å². The second-order valence-corrected chi connectivity index (χ2v) is 7.95. The van der Waals surface area contributed by atoms with Crippen LogP contribution in [-0.2, 0) is 4.79 Å². The van der Waals surface area contributed by atoms with Crippen molar-refractivity contribution in [2.24, 2.45) is 5.92 Å². The van der Waals surface area contributed by atoms with E-state index in [0.717, 1.165) is 43.9 Å². The lowest BCUT2D eigenvalue weighted by Gasteiger charge is -2.34. The second-order valence-electron chi connectivity index (χ2n) is 7.95. The quantitative estimate of drug-likeness (QED) is 0.780. The smallest absolute Gasteiger partial charge is 0.275 e. The Bertz CT molecular complexity index is 621. The van der Waals surface area contributed by atoms with Gasteiger partial charge in [0.15, 0.2) is 12.3 Å². The number of nitrogens with one attached hydrogen (secondary N) is 2. The molecule has 1 aliphatic carbocycles. The Labute approximate surface area is 156 Å². The molecule has 2 aliphatic rings. The van der Waals surface area contributed by atoms with Crippen LogP contribution in [-0.4, -0.2) is 50.5 Å². The summed E-state index contributed by atoms with van der Waals surface area (Å²) in [5, 5.41) is 3.27. The number of nitrogens with zero attached hydrogens (tertiary/aromatic N) is 1. The van der Waals surface area contributed by atoms with E-state index in [4.69, 9.17) is 0 Å². The van der Waals surface area contributed by atoms with Gasteiger partial charge in [-0.1, -0.05) is 19.8 Å². The topological polar surface area (TPSA) is 53.9 Å². The van der Waals surface area contributed by atoms with E-state index in [1.807, 2.05) is 24.3 Å². The van der Waals surface area contributed by atoms with Gasteiger partial charge in [-0.15, -0.1) is 0 Å². The summed E-state index contributed by atoms with van der Waals surface area (Å²) >= 11 is 0. The first-order valence-electron chi connectivity index (χ1n) is 10.0. The Hall–Kier alpha value is -1.88. The van der Waals surface area contributed by atoms with Crippen LogP contribution in [0.25, 0.3) is 0 Å². The minimum atomic E-state index is 0.101. The number of rotatable bonds is 5. The lowest BCUT2D eigenvalue weighted by molar-refractivity contribution is -0.892. The largest absolute Gasteiger partial charge is 0.360 e. The highest BCUT2D eigenvalue weighted by Crippen LogP contribution is 2.23. The fraction of sp³-hybridized carbons (Fsp3) is 0.619. The van der Waals surface area contributed by atoms with Gasteiger partial charge in [0.2, 0.25) is 0 Å². The van der Waals surface area contributed by atoms with Gasteiger partial charge in [0, 0.05) is 17.3 Å². The zero-order valence-electron chi connectivity index (χ0n) is 16.1. The van der Waals surface area contributed by atoms with E-state index in [1.54, 1.807) is 6.92 Å². The lowest BCUT2D eigenvalue weighted by atomic mass is 9.86. The maximum atomic E-state index is 12.4. The zero-order chi connectivity index (χ0) is 18.5. The SMILES string of the molecule is CC(=O)c1ccc(N2CC[NH+](CC(=O)N[C@@H]3CCCC[C@@H]3C)CC2)cc1. The van der Waals surface area contributed by atoms with Gasteiger partial charge in [-0.3, -0.25) is 9.59 Å². The molecule has 5 nitrogen and oxygen atoms in total. The normalized spacial score (nSPS) is 24.3. The van der Waals surface area contributed by atoms with Gasteiger partial charge in [-0.2, -0.15) is 0 Å². The number of carbonyl (C=O) groups excluding carboxylic acids is 2. The number of ketones is 1. The molecule has 5 heteroatoms. The van der Waals surface area contributed by atoms with Gasteiger partial charge in [0.05, 0.1) is 26.2 Å². The van der Waals surface area contributed by atoms with Crippen molar-refractivity contribution in [3.8, 4) is 0 Å². The van der Waals surface area contributed by atoms with Crippen molar-refractivity contribution < 1.29 is 14.5 Å². The van der Waals surface area contributed by atoms with Crippen LogP contribution in [0.5, 0.6) is 0 Å². The number of quaternary nitrogens is 1. The molecular formula is C21H32N3O2+. The first-order valence-corrected chi connectivity index (χ1v) is 10.0. The monoisotopic (exact) mass is 358 g/mol. The molecule has 142 valence electrons. The Morgan fingerprint density at radius 1 is 1.12 bits per heavy atom. The van der Waals surface area contributed by atoms with Gasteiger partial charge in [-0.05, 0) is 49.9 Å². The number of benzene rings is 1. The van der Waals surface area contributed by atoms with Crippen LogP contribution in [0, 0.1) is 5.92 Å². The summed E-state index contributed by atoms with van der Waals surface area (Å²) in [7, 11) is 0. The molecule has 2 fully saturated rings. The molecule has 0 unspecified atom stereocenters. The fourth-order valence-electron chi connectivity index (χ4n) is 4.18. The number of carbonyl (C=O) groups is 2. The molecule has 0 spiro atoms. The van der Waals surface area contributed by atoms with Crippen molar-refractivity contribution in [1.29, 1.82) is 0 Å². The number of anilines is 1. The molecule has 0 radical (unpaired) electrons. The summed E-state index contributed by atoms with van der Waals surface area (Å²) in [6.45, 7) is 8.28. The van der Waals surface area contributed by atoms with Gasteiger partial charge >= 0.3 is 0 Å². The summed E-state index contributed by atoms with van der Waals surface area (Å²) in [5.41, 5.74) is 1.92. The highest BCUT2D eigenvalue weighted by molar-refractivity contribution is 5.94. The molecule has 26 heavy (non-hydrogen) atoms. The first kappa shape index (κ1) is 18.9. The molecule has 2 atom stereocenters. The number of piperazine rings is 1. The van der Waals surface area contributed by atoms with E-state index in [2.05, 4.69) is 17.1 Å². The van der Waals surface area contributed by atoms with E-state index in [1.165, 1.54) is 24.2 Å². The molecule has 1 saturated carbocycles. The van der Waals surface area contributed by atoms with Crippen LogP contribution in [0.4, 0.5) is 5.69 Å². The number of Topliss-reactive ketones (excluding diaryl/α,β-unsaturated/α-hetero) is 1. The third kappa shape index (κ3) is 4.85. The summed E-state index contributed by atoms with van der Waals surface area (Å²) in [6.07, 6.45) is 4.91. The molecule has 1 saturated heterocycles. The van der Waals surface area contributed by atoms with E-state index < -0.39 is 0 Å². The Morgan fingerprint density at radius 2 is 1.77 bits per heavy atom. The van der Waals surface area contributed by atoms with Crippen molar-refractivity contribution in [3.05, 3.63) is 29.8 Å². The van der Waals surface area contributed by atoms with E-state index in [9.17, 15) is 9.59 Å². The average molecular weight is 359 g/mol. The number of amides is 1. The van der Waals surface area contributed by atoms with Crippen LogP contribution in [0.15, 0.2) is 24.3 Å². The molecule has 1 aromatic carbocycles. The number of hydrogen-bond acceptors (Lipinski definition) is 3. The van der Waals surface area contributed by atoms with Crippen molar-refractivity contribution in [1.82, 2.24) is 5.32 Å². The highest BCUT2D eigenvalue weighted by atomic mass is 16.2. The molecule has 1 aromatic rings. The molecular weight excluding hydrogens is 326 g/mol. The molecule has 0 aromatic heterocycles. The van der Waals surface area contributed by atoms with E-state index >= 15 is 0 Å². The maximum Gasteiger partial charge on any atom is 0.275 e. The predicted molar refractivity (Wildman–Crippen MR) is 104 cm³/mol. The minimum Gasteiger partial charge on any atom is -0.360 e. The van der Waals surface area contributed by atoms with Crippen LogP contribution < -0.4 is 15.1 Å². The standard InChI is InChI=1S/C21H31N3O2/c1-16-5-3-4-6-20(16)22-21(26)15-23-11-13-24(14-12-23)19-9-7-18(8-10-19)17(2)25/h7-10,16,20H,3-6,11-15H2,1-2H3,(H,22,26)/p+1/t16-,20+/m0/s1. The summed E-state index contributed by atoms with van der Waals surface area (Å²) in [6, 6.07) is 8.22. The summed E-state index contributed by atoms with van der Waals surface area (Å²) in [5.74, 6) is 0.916. The molecule has 1 heterocycles. The summed E-state index contributed by atoms with van der Waals surface area (Å²) < 4.78 is 0. The van der Waals surface area contributed by atoms with Crippen molar-refractivity contribution in [2.45, 2.75) is 45.6 Å². The van der Waals surface area contributed by atoms with Crippen LogP contribution >= 0.6 is 0 Å². The van der Waals surface area contributed by atoms with Crippen LogP contribution in [0.3, 0.4) is 0 Å². The number of hydrogen-bond donors (Lipinski definition) is 2. The van der Waals surface area contributed by atoms with Gasteiger partial charge in [0.25, 0.3) is 5.91 Å². The minimum absolute atomic E-state index is 0.101. The first-order chi connectivity index (χ1) is 12.5.